The molecule has 3 heteroatoms. The lowest BCUT2D eigenvalue weighted by atomic mass is 10.1. The number of nitriles is 1. The Balaban J connectivity index is 1.94. The molecule has 92 valence electrons. The molecule has 1 heterocycles. The lowest BCUT2D eigenvalue weighted by molar-refractivity contribution is 0.385. The molecule has 1 saturated carbocycles. The minimum Gasteiger partial charge on any atom is -0.360 e. The number of fused-ring (bicyclic) bond motifs is 1. The van der Waals surface area contributed by atoms with Crippen molar-refractivity contribution in [2.75, 3.05) is 20.6 Å². The summed E-state index contributed by atoms with van der Waals surface area (Å²) < 4.78 is 0. The standard InChI is InChI=1S/C15H17N3/c1-18(2)9-11-6-13(11)14-8-17-15-10(7-16)4-3-5-12(14)15/h3-5,8,11,13,17H,6,9H2,1-2H3/t11-,13+/m1/s1. The van der Waals surface area contributed by atoms with E-state index in [-0.39, 0.29) is 0 Å². The van der Waals surface area contributed by atoms with E-state index < -0.39 is 0 Å². The van der Waals surface area contributed by atoms with Gasteiger partial charge < -0.3 is 9.88 Å². The summed E-state index contributed by atoms with van der Waals surface area (Å²) in [7, 11) is 4.25. The fraction of sp³-hybridized carbons (Fsp3) is 0.400. The summed E-state index contributed by atoms with van der Waals surface area (Å²) in [4.78, 5) is 5.52. The van der Waals surface area contributed by atoms with Crippen molar-refractivity contribution in [3.8, 4) is 6.07 Å². The van der Waals surface area contributed by atoms with Crippen molar-refractivity contribution in [3.63, 3.8) is 0 Å². The van der Waals surface area contributed by atoms with Crippen molar-refractivity contribution < 1.29 is 0 Å². The molecule has 0 saturated heterocycles. The molecule has 1 aromatic heterocycles. The van der Waals surface area contributed by atoms with Gasteiger partial charge >= 0.3 is 0 Å². The molecule has 1 fully saturated rings. The smallest absolute Gasteiger partial charge is 0.101 e. The van der Waals surface area contributed by atoms with E-state index in [4.69, 9.17) is 5.26 Å². The highest BCUT2D eigenvalue weighted by Crippen LogP contribution is 2.49. The predicted molar refractivity (Wildman–Crippen MR) is 72.4 cm³/mol. The second-order valence-electron chi connectivity index (χ2n) is 5.45. The van der Waals surface area contributed by atoms with Gasteiger partial charge in [-0.1, -0.05) is 12.1 Å². The zero-order valence-corrected chi connectivity index (χ0v) is 10.8. The van der Waals surface area contributed by atoms with Crippen LogP contribution >= 0.6 is 0 Å². The Morgan fingerprint density at radius 3 is 3.00 bits per heavy atom. The predicted octanol–water partition coefficient (Wildman–Crippen LogP) is 2.70. The molecular formula is C15H17N3. The van der Waals surface area contributed by atoms with Crippen molar-refractivity contribution in [2.45, 2.75) is 12.3 Å². The Kier molecular flexibility index (Phi) is 2.61. The first-order valence-corrected chi connectivity index (χ1v) is 6.35. The lowest BCUT2D eigenvalue weighted by Gasteiger charge is -2.08. The number of hydrogen-bond acceptors (Lipinski definition) is 2. The Labute approximate surface area is 107 Å². The minimum absolute atomic E-state index is 0.662. The molecular weight excluding hydrogens is 222 g/mol. The fourth-order valence-corrected chi connectivity index (χ4v) is 2.88. The van der Waals surface area contributed by atoms with E-state index >= 15 is 0 Å². The number of nitrogens with one attached hydrogen (secondary N) is 1. The average Bonchev–Trinajstić information content (AvgIpc) is 2.95. The largest absolute Gasteiger partial charge is 0.360 e. The van der Waals surface area contributed by atoms with Crippen LogP contribution in [0, 0.1) is 17.2 Å². The third-order valence-corrected chi connectivity index (χ3v) is 3.79. The summed E-state index contributed by atoms with van der Waals surface area (Å²) in [6.45, 7) is 1.15. The zero-order chi connectivity index (χ0) is 12.7. The van der Waals surface area contributed by atoms with E-state index in [9.17, 15) is 0 Å². The van der Waals surface area contributed by atoms with Crippen molar-refractivity contribution in [2.24, 2.45) is 5.92 Å². The number of aromatic amines is 1. The minimum atomic E-state index is 0.662. The fourth-order valence-electron chi connectivity index (χ4n) is 2.88. The van der Waals surface area contributed by atoms with Crippen molar-refractivity contribution >= 4 is 10.9 Å². The Bertz CT molecular complexity index is 618. The normalized spacial score (nSPS) is 22.3. The molecule has 1 N–H and O–H groups in total. The Morgan fingerprint density at radius 2 is 2.28 bits per heavy atom. The van der Waals surface area contributed by atoms with Crippen LogP contribution < -0.4 is 0 Å². The van der Waals surface area contributed by atoms with E-state index in [1.54, 1.807) is 0 Å². The molecule has 0 spiro atoms. The third-order valence-electron chi connectivity index (χ3n) is 3.79. The second kappa shape index (κ2) is 4.15. The maximum atomic E-state index is 9.09. The summed E-state index contributed by atoms with van der Waals surface area (Å²) in [5.41, 5.74) is 3.11. The lowest BCUT2D eigenvalue weighted by Crippen LogP contribution is -2.15. The van der Waals surface area contributed by atoms with Crippen LogP contribution in [0.3, 0.4) is 0 Å². The molecule has 0 unspecified atom stereocenters. The quantitative estimate of drug-likeness (QED) is 0.894. The van der Waals surface area contributed by atoms with Crippen molar-refractivity contribution in [3.05, 3.63) is 35.5 Å². The first-order valence-electron chi connectivity index (χ1n) is 6.35. The summed E-state index contributed by atoms with van der Waals surface area (Å²) in [5, 5.41) is 10.3. The van der Waals surface area contributed by atoms with Gasteiger partial charge in [0.05, 0.1) is 11.1 Å². The molecule has 2 aromatic rings. The summed E-state index contributed by atoms with van der Waals surface area (Å²) in [6, 6.07) is 8.21. The first-order chi connectivity index (χ1) is 8.70. The summed E-state index contributed by atoms with van der Waals surface area (Å²) >= 11 is 0. The highest BCUT2D eigenvalue weighted by molar-refractivity contribution is 5.88. The number of para-hydroxylation sites is 1. The Morgan fingerprint density at radius 1 is 1.44 bits per heavy atom. The van der Waals surface area contributed by atoms with Gasteiger partial charge in [0.25, 0.3) is 0 Å². The van der Waals surface area contributed by atoms with Gasteiger partial charge in [0.15, 0.2) is 0 Å². The van der Waals surface area contributed by atoms with Gasteiger partial charge in [-0.2, -0.15) is 5.26 Å². The molecule has 3 nitrogen and oxygen atoms in total. The van der Waals surface area contributed by atoms with E-state index in [0.717, 1.165) is 23.5 Å². The van der Waals surface area contributed by atoms with E-state index in [1.807, 2.05) is 12.1 Å². The number of nitrogens with zero attached hydrogens (tertiary/aromatic N) is 2. The van der Waals surface area contributed by atoms with Crippen molar-refractivity contribution in [1.29, 1.82) is 5.26 Å². The maximum Gasteiger partial charge on any atom is 0.101 e. The molecule has 0 radical (unpaired) electrons. The number of hydrogen-bond donors (Lipinski definition) is 1. The molecule has 18 heavy (non-hydrogen) atoms. The molecule has 1 aliphatic rings. The zero-order valence-electron chi connectivity index (χ0n) is 10.8. The van der Waals surface area contributed by atoms with Crippen LogP contribution in [0.25, 0.3) is 10.9 Å². The van der Waals surface area contributed by atoms with Gasteiger partial charge in [0.1, 0.15) is 6.07 Å². The monoisotopic (exact) mass is 239 g/mol. The van der Waals surface area contributed by atoms with Gasteiger partial charge in [-0.25, -0.2) is 0 Å². The number of H-pyrrole nitrogens is 1. The molecule has 1 aliphatic carbocycles. The molecule has 1 aromatic carbocycles. The van der Waals surface area contributed by atoms with E-state index in [0.29, 0.717) is 5.92 Å². The van der Waals surface area contributed by atoms with E-state index in [2.05, 4.69) is 42.3 Å². The highest BCUT2D eigenvalue weighted by atomic mass is 15.1. The number of aromatic nitrogens is 1. The summed E-state index contributed by atoms with van der Waals surface area (Å²) in [5.74, 6) is 1.43. The van der Waals surface area contributed by atoms with Crippen LogP contribution in [0.15, 0.2) is 24.4 Å². The average molecular weight is 239 g/mol. The van der Waals surface area contributed by atoms with Gasteiger partial charge in [-0.05, 0) is 44.0 Å². The van der Waals surface area contributed by atoms with Crippen LogP contribution in [0.5, 0.6) is 0 Å². The topological polar surface area (TPSA) is 42.8 Å². The second-order valence-corrected chi connectivity index (χ2v) is 5.45. The SMILES string of the molecule is CN(C)C[C@H]1C[C@@H]1c1c[nH]c2c(C#N)cccc12. The third kappa shape index (κ3) is 1.79. The number of rotatable bonds is 3. The number of benzene rings is 1. The van der Waals surface area contributed by atoms with E-state index in [1.165, 1.54) is 17.4 Å². The molecule has 3 rings (SSSR count). The maximum absolute atomic E-state index is 9.09. The summed E-state index contributed by atoms with van der Waals surface area (Å²) in [6.07, 6.45) is 3.35. The van der Waals surface area contributed by atoms with Gasteiger partial charge in [-0.15, -0.1) is 0 Å². The molecule has 0 amide bonds. The molecule has 0 aliphatic heterocycles. The van der Waals surface area contributed by atoms with Crippen molar-refractivity contribution in [1.82, 2.24) is 9.88 Å². The van der Waals surface area contributed by atoms with Gasteiger partial charge in [0, 0.05) is 18.1 Å². The van der Waals surface area contributed by atoms with Gasteiger partial charge in [0.2, 0.25) is 0 Å². The van der Waals surface area contributed by atoms with Crippen LogP contribution in [-0.4, -0.2) is 30.5 Å². The Hall–Kier alpha value is -1.79. The van der Waals surface area contributed by atoms with Gasteiger partial charge in [-0.3, -0.25) is 0 Å². The van der Waals surface area contributed by atoms with Crippen LogP contribution in [0.4, 0.5) is 0 Å². The van der Waals surface area contributed by atoms with Crippen LogP contribution in [-0.2, 0) is 0 Å². The molecule has 2 atom stereocenters. The van der Waals surface area contributed by atoms with Crippen LogP contribution in [0.1, 0.15) is 23.5 Å². The van der Waals surface area contributed by atoms with Crippen LogP contribution in [0.2, 0.25) is 0 Å². The molecule has 0 bridgehead atoms. The highest BCUT2D eigenvalue weighted by Gasteiger charge is 2.39. The first kappa shape index (κ1) is 11.3.